The fraction of sp³-hybridized carbons (Fsp3) is 0.375. The van der Waals surface area contributed by atoms with Gasteiger partial charge in [0.15, 0.2) is 11.6 Å². The lowest BCUT2D eigenvalue weighted by molar-refractivity contribution is 0.0790. The van der Waals surface area contributed by atoms with Gasteiger partial charge >= 0.3 is 0 Å². The molecule has 2 aliphatic rings. The molecule has 0 bridgehead atoms. The molecule has 1 saturated heterocycles. The molecular formula is C24H24ClF2N3O2. The van der Waals surface area contributed by atoms with E-state index in [1.165, 1.54) is 12.1 Å². The summed E-state index contributed by atoms with van der Waals surface area (Å²) in [6.07, 6.45) is 1.89. The van der Waals surface area contributed by atoms with Gasteiger partial charge in [0.2, 0.25) is 0 Å². The summed E-state index contributed by atoms with van der Waals surface area (Å²) < 4.78 is 37.8. The smallest absolute Gasteiger partial charge is 0.167 e. The van der Waals surface area contributed by atoms with Crippen LogP contribution >= 0.6 is 11.6 Å². The number of aliphatic hydroxyl groups excluding tert-OH is 1. The SMILES string of the molecule is Cc1cn(-c2ccc(O[C@@H]3c4cc(Cl)cc(F)c4C[C@@H]3N3CC[C@@H](O)C3)c(F)c2)c(C)n1. The molecule has 0 saturated carbocycles. The van der Waals surface area contributed by atoms with Gasteiger partial charge in [-0.3, -0.25) is 4.90 Å². The first-order chi connectivity index (χ1) is 15.3. The minimum absolute atomic E-state index is 0.0891. The van der Waals surface area contributed by atoms with Crippen LogP contribution in [0.4, 0.5) is 8.78 Å². The average molecular weight is 460 g/mol. The summed E-state index contributed by atoms with van der Waals surface area (Å²) >= 11 is 6.13. The summed E-state index contributed by atoms with van der Waals surface area (Å²) in [5.74, 6) is -0.0428. The quantitative estimate of drug-likeness (QED) is 0.622. The minimum atomic E-state index is -0.596. The van der Waals surface area contributed by atoms with E-state index < -0.39 is 18.0 Å². The fourth-order valence-corrected chi connectivity index (χ4v) is 5.11. The first-order valence-electron chi connectivity index (χ1n) is 10.7. The number of hydrogen-bond donors (Lipinski definition) is 1. The van der Waals surface area contributed by atoms with Crippen molar-refractivity contribution < 1.29 is 18.6 Å². The second kappa shape index (κ2) is 8.14. The molecule has 1 N–H and O–H groups in total. The van der Waals surface area contributed by atoms with Gasteiger partial charge in [0.05, 0.1) is 17.8 Å². The Bertz CT molecular complexity index is 1180. The molecule has 0 spiro atoms. The summed E-state index contributed by atoms with van der Waals surface area (Å²) in [6, 6.07) is 7.55. The van der Waals surface area contributed by atoms with Gasteiger partial charge < -0.3 is 14.4 Å². The number of nitrogens with zero attached hydrogens (tertiary/aromatic N) is 3. The third kappa shape index (κ3) is 3.78. The number of rotatable bonds is 4. The van der Waals surface area contributed by atoms with E-state index in [4.69, 9.17) is 16.3 Å². The van der Waals surface area contributed by atoms with E-state index in [2.05, 4.69) is 9.88 Å². The van der Waals surface area contributed by atoms with E-state index in [-0.39, 0.29) is 22.6 Å². The number of imidazole rings is 1. The van der Waals surface area contributed by atoms with Crippen molar-refractivity contribution >= 4 is 11.6 Å². The van der Waals surface area contributed by atoms with Crippen LogP contribution in [0.3, 0.4) is 0 Å². The molecule has 1 aliphatic heterocycles. The van der Waals surface area contributed by atoms with Crippen molar-refractivity contribution in [2.24, 2.45) is 0 Å². The highest BCUT2D eigenvalue weighted by molar-refractivity contribution is 6.30. The van der Waals surface area contributed by atoms with Crippen LogP contribution in [0, 0.1) is 25.5 Å². The van der Waals surface area contributed by atoms with Gasteiger partial charge in [0.1, 0.15) is 17.7 Å². The Kier molecular flexibility index (Phi) is 5.43. The summed E-state index contributed by atoms with van der Waals surface area (Å²) in [4.78, 5) is 6.45. The van der Waals surface area contributed by atoms with Crippen molar-refractivity contribution in [1.82, 2.24) is 14.5 Å². The zero-order chi connectivity index (χ0) is 22.6. The van der Waals surface area contributed by atoms with Crippen LogP contribution in [0.5, 0.6) is 5.75 Å². The third-order valence-electron chi connectivity index (χ3n) is 6.38. The van der Waals surface area contributed by atoms with Gasteiger partial charge in [-0.25, -0.2) is 13.8 Å². The highest BCUT2D eigenvalue weighted by atomic mass is 35.5. The van der Waals surface area contributed by atoms with Crippen LogP contribution in [0.25, 0.3) is 5.69 Å². The Labute approximate surface area is 190 Å². The van der Waals surface area contributed by atoms with E-state index in [1.54, 1.807) is 18.2 Å². The highest BCUT2D eigenvalue weighted by Crippen LogP contribution is 2.42. The number of benzene rings is 2. The van der Waals surface area contributed by atoms with Gasteiger partial charge in [-0.1, -0.05) is 11.6 Å². The monoisotopic (exact) mass is 459 g/mol. The van der Waals surface area contributed by atoms with E-state index in [1.807, 2.05) is 24.6 Å². The number of β-amino-alcohol motifs (C(OH)–C–C–N with tert-alkyl or cyclic N) is 1. The van der Waals surface area contributed by atoms with Gasteiger partial charge in [-0.2, -0.15) is 0 Å². The van der Waals surface area contributed by atoms with Gasteiger partial charge in [0.25, 0.3) is 0 Å². The Morgan fingerprint density at radius 3 is 2.62 bits per heavy atom. The maximum Gasteiger partial charge on any atom is 0.167 e. The molecule has 3 aromatic rings. The van der Waals surface area contributed by atoms with Crippen molar-refractivity contribution in [2.45, 2.75) is 44.9 Å². The van der Waals surface area contributed by atoms with Crippen molar-refractivity contribution in [3.05, 3.63) is 75.8 Å². The van der Waals surface area contributed by atoms with E-state index in [9.17, 15) is 9.50 Å². The van der Waals surface area contributed by atoms with Crippen LogP contribution in [0.1, 0.15) is 35.2 Å². The predicted octanol–water partition coefficient (Wildman–Crippen LogP) is 4.53. The third-order valence-corrected chi connectivity index (χ3v) is 6.60. The normalized spacial score (nSPS) is 23.0. The van der Waals surface area contributed by atoms with Crippen LogP contribution in [-0.4, -0.2) is 44.8 Å². The molecule has 3 atom stereocenters. The number of likely N-dealkylation sites (tertiary alicyclic amines) is 1. The summed E-state index contributed by atoms with van der Waals surface area (Å²) in [5, 5.41) is 10.3. The fourth-order valence-electron chi connectivity index (χ4n) is 4.90. The molecule has 168 valence electrons. The Morgan fingerprint density at radius 1 is 1.16 bits per heavy atom. The second-order valence-corrected chi connectivity index (χ2v) is 9.05. The second-order valence-electron chi connectivity index (χ2n) is 8.62. The number of aryl methyl sites for hydroxylation is 2. The molecule has 2 heterocycles. The molecule has 0 unspecified atom stereocenters. The van der Waals surface area contributed by atoms with Crippen LogP contribution < -0.4 is 4.74 Å². The molecule has 0 radical (unpaired) electrons. The molecule has 1 aliphatic carbocycles. The molecule has 5 rings (SSSR count). The van der Waals surface area contributed by atoms with Crippen LogP contribution in [0.15, 0.2) is 36.5 Å². The van der Waals surface area contributed by atoms with Crippen molar-refractivity contribution in [3.63, 3.8) is 0 Å². The van der Waals surface area contributed by atoms with Crippen molar-refractivity contribution in [3.8, 4) is 11.4 Å². The first kappa shape index (κ1) is 21.4. The van der Waals surface area contributed by atoms with E-state index in [0.717, 1.165) is 11.5 Å². The standard InChI is InChI=1S/C24H24ClF2N3O2/c1-13-11-30(14(2)28-13)16-3-4-23(21(27)9-16)32-24-19-7-15(25)8-20(26)18(19)10-22(24)29-6-5-17(31)12-29/h3-4,7-9,11,17,22,24,31H,5-6,10,12H2,1-2H3/t17-,22+,24-/m1/s1. The van der Waals surface area contributed by atoms with Crippen molar-refractivity contribution in [2.75, 3.05) is 13.1 Å². The lowest BCUT2D eigenvalue weighted by atomic mass is 10.1. The molecule has 8 heteroatoms. The summed E-state index contributed by atoms with van der Waals surface area (Å²) in [6.45, 7) is 4.90. The first-order valence-corrected chi connectivity index (χ1v) is 11.1. The topological polar surface area (TPSA) is 50.5 Å². The lowest BCUT2D eigenvalue weighted by Crippen LogP contribution is -2.39. The highest BCUT2D eigenvalue weighted by Gasteiger charge is 2.42. The minimum Gasteiger partial charge on any atom is -0.481 e. The lowest BCUT2D eigenvalue weighted by Gasteiger charge is -2.30. The molecule has 1 fully saturated rings. The number of hydrogen-bond acceptors (Lipinski definition) is 4. The Balaban J connectivity index is 1.49. The van der Waals surface area contributed by atoms with Gasteiger partial charge in [-0.05, 0) is 56.5 Å². The number of aromatic nitrogens is 2. The Hall–Kier alpha value is -2.48. The van der Waals surface area contributed by atoms with E-state index in [0.29, 0.717) is 42.7 Å². The zero-order valence-corrected chi connectivity index (χ0v) is 18.6. The zero-order valence-electron chi connectivity index (χ0n) is 17.9. The van der Waals surface area contributed by atoms with Crippen LogP contribution in [0.2, 0.25) is 5.02 Å². The average Bonchev–Trinajstić information content (AvgIpc) is 3.41. The molecular weight excluding hydrogens is 436 g/mol. The molecule has 5 nitrogen and oxygen atoms in total. The molecule has 32 heavy (non-hydrogen) atoms. The Morgan fingerprint density at radius 2 is 1.97 bits per heavy atom. The largest absolute Gasteiger partial charge is 0.481 e. The molecule has 0 amide bonds. The maximum absolute atomic E-state index is 15.1. The van der Waals surface area contributed by atoms with Crippen LogP contribution in [-0.2, 0) is 6.42 Å². The summed E-state index contributed by atoms with van der Waals surface area (Å²) in [5.41, 5.74) is 2.66. The van der Waals surface area contributed by atoms with E-state index >= 15 is 4.39 Å². The summed E-state index contributed by atoms with van der Waals surface area (Å²) in [7, 11) is 0. The number of halogens is 3. The van der Waals surface area contributed by atoms with Crippen molar-refractivity contribution in [1.29, 1.82) is 0 Å². The van der Waals surface area contributed by atoms with Gasteiger partial charge in [-0.15, -0.1) is 0 Å². The predicted molar refractivity (Wildman–Crippen MR) is 117 cm³/mol. The molecule has 2 aromatic carbocycles. The number of aliphatic hydroxyl groups is 1. The maximum atomic E-state index is 15.1. The number of fused-ring (bicyclic) bond motifs is 1. The number of ether oxygens (including phenoxy) is 1. The van der Waals surface area contributed by atoms with Gasteiger partial charge in [0, 0.05) is 41.6 Å². The molecule has 1 aromatic heterocycles.